The Balaban J connectivity index is 2.35. The highest BCUT2D eigenvalue weighted by atomic mass is 35.5. The fraction of sp³-hybridized carbons (Fsp3) is 0.222. The molecule has 2 aromatic rings. The number of halogens is 1. The summed E-state index contributed by atoms with van der Waals surface area (Å²) in [6.07, 6.45) is 1.45. The number of rotatable bonds is 3. The Labute approximate surface area is 95.9 Å². The van der Waals surface area contributed by atoms with Crippen molar-refractivity contribution in [2.24, 2.45) is 0 Å². The summed E-state index contributed by atoms with van der Waals surface area (Å²) in [6, 6.07) is 1.75. The van der Waals surface area contributed by atoms with Crippen LogP contribution in [0, 0.1) is 0 Å². The predicted octanol–water partition coefficient (Wildman–Crippen LogP) is 2.35. The minimum absolute atomic E-state index is 0.415. The van der Waals surface area contributed by atoms with Crippen molar-refractivity contribution in [3.63, 3.8) is 0 Å². The van der Waals surface area contributed by atoms with Crippen LogP contribution in [0.2, 0.25) is 0 Å². The average Bonchev–Trinajstić information content (AvgIpc) is 2.78. The largest absolute Gasteiger partial charge is 0.481 e. The smallest absolute Gasteiger partial charge is 0.216 e. The van der Waals surface area contributed by atoms with Gasteiger partial charge in [0.05, 0.1) is 18.7 Å². The maximum absolute atomic E-state index is 5.67. The van der Waals surface area contributed by atoms with Crippen LogP contribution in [0.3, 0.4) is 0 Å². The molecule has 78 valence electrons. The lowest BCUT2D eigenvalue weighted by molar-refractivity contribution is 0.397. The molecule has 0 aliphatic carbocycles. The van der Waals surface area contributed by atoms with Crippen LogP contribution in [0.4, 0.5) is 0 Å². The highest BCUT2D eigenvalue weighted by molar-refractivity contribution is 7.13. The average molecular weight is 242 g/mol. The number of thiazole rings is 1. The molecule has 2 heterocycles. The van der Waals surface area contributed by atoms with Gasteiger partial charge in [-0.25, -0.2) is 15.0 Å². The Morgan fingerprint density at radius 2 is 2.33 bits per heavy atom. The monoisotopic (exact) mass is 241 g/mol. The first-order valence-electron chi connectivity index (χ1n) is 4.20. The van der Waals surface area contributed by atoms with Crippen LogP contribution in [0.15, 0.2) is 17.8 Å². The first-order chi connectivity index (χ1) is 7.33. The zero-order valence-corrected chi connectivity index (χ0v) is 9.55. The van der Waals surface area contributed by atoms with Crippen LogP contribution in [0.25, 0.3) is 10.7 Å². The van der Waals surface area contributed by atoms with Gasteiger partial charge in [0, 0.05) is 11.4 Å². The molecule has 0 N–H and O–H groups in total. The molecular formula is C9H8ClN3OS. The maximum atomic E-state index is 5.67. The van der Waals surface area contributed by atoms with Gasteiger partial charge in [-0.15, -0.1) is 22.9 Å². The highest BCUT2D eigenvalue weighted by Gasteiger charge is 2.06. The van der Waals surface area contributed by atoms with Crippen molar-refractivity contribution >= 4 is 22.9 Å². The van der Waals surface area contributed by atoms with Gasteiger partial charge in [-0.05, 0) is 0 Å². The SMILES string of the molecule is COc1cc(-c2nc(CCl)cs2)ncn1. The number of hydrogen-bond donors (Lipinski definition) is 0. The van der Waals surface area contributed by atoms with Crippen molar-refractivity contribution in [1.29, 1.82) is 0 Å². The Kier molecular flexibility index (Phi) is 3.13. The summed E-state index contributed by atoms with van der Waals surface area (Å²) < 4.78 is 5.01. The van der Waals surface area contributed by atoms with Crippen molar-refractivity contribution in [3.05, 3.63) is 23.5 Å². The molecule has 6 heteroatoms. The van der Waals surface area contributed by atoms with E-state index in [0.29, 0.717) is 11.8 Å². The third-order valence-electron chi connectivity index (χ3n) is 1.76. The van der Waals surface area contributed by atoms with Gasteiger partial charge >= 0.3 is 0 Å². The number of alkyl halides is 1. The molecule has 0 unspecified atom stereocenters. The first-order valence-corrected chi connectivity index (χ1v) is 5.61. The van der Waals surface area contributed by atoms with E-state index in [1.54, 1.807) is 13.2 Å². The summed E-state index contributed by atoms with van der Waals surface area (Å²) in [6.45, 7) is 0. The summed E-state index contributed by atoms with van der Waals surface area (Å²) in [5.74, 6) is 0.946. The molecule has 0 saturated carbocycles. The van der Waals surface area contributed by atoms with Gasteiger partial charge in [0.25, 0.3) is 0 Å². The van der Waals surface area contributed by atoms with Crippen molar-refractivity contribution < 1.29 is 4.74 Å². The summed E-state index contributed by atoms with van der Waals surface area (Å²) >= 11 is 7.18. The summed E-state index contributed by atoms with van der Waals surface area (Å²) in [4.78, 5) is 12.4. The molecule has 4 nitrogen and oxygen atoms in total. The number of hydrogen-bond acceptors (Lipinski definition) is 5. The molecule has 0 bridgehead atoms. The van der Waals surface area contributed by atoms with E-state index in [0.717, 1.165) is 16.4 Å². The normalized spacial score (nSPS) is 10.3. The molecule has 0 saturated heterocycles. The fourth-order valence-corrected chi connectivity index (χ4v) is 2.07. The number of methoxy groups -OCH3 is 1. The molecule has 2 rings (SSSR count). The molecule has 0 aliphatic heterocycles. The lowest BCUT2D eigenvalue weighted by atomic mass is 10.4. The highest BCUT2D eigenvalue weighted by Crippen LogP contribution is 2.23. The Hall–Kier alpha value is -1.20. The summed E-state index contributed by atoms with van der Waals surface area (Å²) in [7, 11) is 1.57. The van der Waals surface area contributed by atoms with Crippen LogP contribution in [-0.4, -0.2) is 22.1 Å². The van der Waals surface area contributed by atoms with E-state index in [2.05, 4.69) is 15.0 Å². The fourth-order valence-electron chi connectivity index (χ4n) is 1.05. The summed E-state index contributed by atoms with van der Waals surface area (Å²) in [5.41, 5.74) is 1.61. The van der Waals surface area contributed by atoms with Crippen LogP contribution in [-0.2, 0) is 5.88 Å². The van der Waals surface area contributed by atoms with Gasteiger partial charge in [0.2, 0.25) is 5.88 Å². The third kappa shape index (κ3) is 2.24. The van der Waals surface area contributed by atoms with Crippen molar-refractivity contribution in [2.75, 3.05) is 7.11 Å². The number of aromatic nitrogens is 3. The summed E-state index contributed by atoms with van der Waals surface area (Å²) in [5, 5.41) is 2.74. The van der Waals surface area contributed by atoms with Gasteiger partial charge in [-0.2, -0.15) is 0 Å². The van der Waals surface area contributed by atoms with Crippen molar-refractivity contribution in [3.8, 4) is 16.6 Å². The quantitative estimate of drug-likeness (QED) is 0.774. The predicted molar refractivity (Wildman–Crippen MR) is 59.2 cm³/mol. The lowest BCUT2D eigenvalue weighted by Crippen LogP contribution is -1.90. The van der Waals surface area contributed by atoms with Gasteiger partial charge in [-0.1, -0.05) is 0 Å². The van der Waals surface area contributed by atoms with Crippen LogP contribution in [0.5, 0.6) is 5.88 Å². The van der Waals surface area contributed by atoms with Gasteiger partial charge in [-0.3, -0.25) is 0 Å². The minimum Gasteiger partial charge on any atom is -0.481 e. The van der Waals surface area contributed by atoms with Crippen molar-refractivity contribution in [1.82, 2.24) is 15.0 Å². The van der Waals surface area contributed by atoms with Crippen molar-refractivity contribution in [2.45, 2.75) is 5.88 Å². The zero-order chi connectivity index (χ0) is 10.7. The molecular weight excluding hydrogens is 234 g/mol. The van der Waals surface area contributed by atoms with Crippen LogP contribution in [0.1, 0.15) is 5.69 Å². The topological polar surface area (TPSA) is 47.9 Å². The second kappa shape index (κ2) is 4.55. The van der Waals surface area contributed by atoms with E-state index in [1.165, 1.54) is 17.7 Å². The van der Waals surface area contributed by atoms with Gasteiger partial charge in [0.15, 0.2) is 0 Å². The third-order valence-corrected chi connectivity index (χ3v) is 2.95. The molecule has 0 fully saturated rings. The molecule has 0 atom stereocenters. The van der Waals surface area contributed by atoms with E-state index in [4.69, 9.17) is 16.3 Å². The van der Waals surface area contributed by atoms with Crippen LogP contribution < -0.4 is 4.74 Å². The van der Waals surface area contributed by atoms with Crippen LogP contribution >= 0.6 is 22.9 Å². The second-order valence-corrected chi connectivity index (χ2v) is 3.85. The standard InChI is InChI=1S/C9H8ClN3OS/c1-14-8-2-7(11-5-12-8)9-13-6(3-10)4-15-9/h2,4-5H,3H2,1H3. The molecule has 0 aromatic carbocycles. The molecule has 2 aromatic heterocycles. The van der Waals surface area contributed by atoms with Gasteiger partial charge in [0.1, 0.15) is 17.0 Å². The van der Waals surface area contributed by atoms with E-state index in [-0.39, 0.29) is 0 Å². The second-order valence-electron chi connectivity index (χ2n) is 2.72. The molecule has 15 heavy (non-hydrogen) atoms. The minimum atomic E-state index is 0.415. The van der Waals surface area contributed by atoms with E-state index >= 15 is 0 Å². The Morgan fingerprint density at radius 1 is 1.47 bits per heavy atom. The van der Waals surface area contributed by atoms with Gasteiger partial charge < -0.3 is 4.74 Å². The zero-order valence-electron chi connectivity index (χ0n) is 7.98. The van der Waals surface area contributed by atoms with E-state index < -0.39 is 0 Å². The van der Waals surface area contributed by atoms with E-state index in [1.807, 2.05) is 5.38 Å². The molecule has 0 amide bonds. The Bertz CT molecular complexity index is 460. The van der Waals surface area contributed by atoms with E-state index in [9.17, 15) is 0 Å². The maximum Gasteiger partial charge on any atom is 0.216 e. The number of nitrogens with zero attached hydrogens (tertiary/aromatic N) is 3. The Morgan fingerprint density at radius 3 is 3.00 bits per heavy atom. The number of ether oxygens (including phenoxy) is 1. The molecule has 0 radical (unpaired) electrons. The molecule has 0 aliphatic rings. The molecule has 0 spiro atoms. The first kappa shape index (κ1) is 10.3. The lowest BCUT2D eigenvalue weighted by Gasteiger charge is -1.98.